The lowest BCUT2D eigenvalue weighted by atomic mass is 9.85. The van der Waals surface area contributed by atoms with E-state index in [0.717, 1.165) is 0 Å². The van der Waals surface area contributed by atoms with Gasteiger partial charge in [0.2, 0.25) is 0 Å². The molecule has 3 atom stereocenters. The summed E-state index contributed by atoms with van der Waals surface area (Å²) in [5, 5.41) is 1.52. The molecule has 0 saturated carbocycles. The van der Waals surface area contributed by atoms with Crippen LogP contribution < -0.4 is 0 Å². The molecule has 3 heteroatoms. The molecule has 0 saturated heterocycles. The minimum absolute atomic E-state index is 0.492. The normalized spacial score (nSPS) is 12.8. The van der Waals surface area contributed by atoms with Crippen molar-refractivity contribution in [2.75, 3.05) is 0 Å². The second-order valence-corrected chi connectivity index (χ2v) is 19.6. The molecule has 0 fully saturated rings. The van der Waals surface area contributed by atoms with Gasteiger partial charge in [-0.3, -0.25) is 0 Å². The maximum absolute atomic E-state index is 3.43. The van der Waals surface area contributed by atoms with Gasteiger partial charge >= 0.3 is 0 Å². The van der Waals surface area contributed by atoms with Crippen LogP contribution in [0, 0.1) is 0 Å². The molecule has 0 aliphatic rings. The molecule has 0 rings (SSSR count). The Bertz CT molecular complexity index is 535. The Balaban J connectivity index is 4.78. The highest BCUT2D eigenvalue weighted by atomic mass is 31.0. The Labute approximate surface area is 295 Å². The predicted octanol–water partition coefficient (Wildman–Crippen LogP) is 16.2. The second kappa shape index (κ2) is 31.3. The van der Waals surface area contributed by atoms with Crippen molar-refractivity contribution < 1.29 is 0 Å². The van der Waals surface area contributed by atoms with E-state index in [1.807, 2.05) is 0 Å². The van der Waals surface area contributed by atoms with Crippen molar-refractivity contribution in [1.29, 1.82) is 0 Å². The lowest BCUT2D eigenvalue weighted by Crippen LogP contribution is -2.22. The van der Waals surface area contributed by atoms with E-state index in [1.54, 1.807) is 0 Å². The topological polar surface area (TPSA) is 0 Å². The lowest BCUT2D eigenvalue weighted by Gasteiger charge is -2.32. The maximum atomic E-state index is 3.43. The van der Waals surface area contributed by atoms with Crippen LogP contribution in [0.1, 0.15) is 253 Å². The standard InChI is InChI=1S/C42H89P3/c1-6-11-16-23-32-41(44,33-24-17-12-7-2)38-29-20-27-36-40(43,31-22-15-10-5)37-28-21-30-39-42(45,34-25-18-13-8-3)35-26-19-14-9-4/h6-39,43-45H2,1-5H3. The zero-order valence-electron chi connectivity index (χ0n) is 32.3. The molecule has 0 aromatic rings. The van der Waals surface area contributed by atoms with Crippen molar-refractivity contribution in [3.05, 3.63) is 0 Å². The van der Waals surface area contributed by atoms with Gasteiger partial charge in [-0.05, 0) is 73.3 Å². The summed E-state index contributed by atoms with van der Waals surface area (Å²) >= 11 is 0. The van der Waals surface area contributed by atoms with Gasteiger partial charge in [-0.25, -0.2) is 0 Å². The molecule has 272 valence electrons. The van der Waals surface area contributed by atoms with Gasteiger partial charge < -0.3 is 0 Å². The summed E-state index contributed by atoms with van der Waals surface area (Å²) in [5.74, 6) is 0. The van der Waals surface area contributed by atoms with Crippen LogP contribution in [0.2, 0.25) is 0 Å². The summed E-state index contributed by atoms with van der Waals surface area (Å²) in [5.41, 5.74) is 0. The Morgan fingerprint density at radius 2 is 0.356 bits per heavy atom. The van der Waals surface area contributed by atoms with Gasteiger partial charge in [0.15, 0.2) is 0 Å². The van der Waals surface area contributed by atoms with E-state index in [1.165, 1.54) is 218 Å². The lowest BCUT2D eigenvalue weighted by molar-refractivity contribution is 0.377. The van der Waals surface area contributed by atoms with Gasteiger partial charge in [-0.15, -0.1) is 27.7 Å². The monoisotopic (exact) mass is 687 g/mol. The zero-order valence-corrected chi connectivity index (χ0v) is 35.7. The highest BCUT2D eigenvalue weighted by Gasteiger charge is 2.26. The SMILES string of the molecule is CCCCCCC(P)(CCCCCC)CCCCCC(P)(CCCCC)CCCCCC(P)(CCCCCC)CCCCCC. The smallest absolute Gasteiger partial charge is 0.0150 e. The van der Waals surface area contributed by atoms with Crippen LogP contribution in [0.4, 0.5) is 0 Å². The van der Waals surface area contributed by atoms with Crippen LogP contribution in [0.3, 0.4) is 0 Å². The Morgan fingerprint density at radius 1 is 0.222 bits per heavy atom. The number of rotatable bonds is 36. The number of unbranched alkanes of at least 4 members (excludes halogenated alkanes) is 18. The van der Waals surface area contributed by atoms with Crippen molar-refractivity contribution in [2.45, 2.75) is 268 Å². The van der Waals surface area contributed by atoms with E-state index >= 15 is 0 Å². The highest BCUT2D eigenvalue weighted by Crippen LogP contribution is 2.41. The van der Waals surface area contributed by atoms with Crippen molar-refractivity contribution in [3.63, 3.8) is 0 Å². The molecule has 0 aromatic heterocycles. The zero-order chi connectivity index (χ0) is 33.5. The molecule has 0 amide bonds. The average molecular weight is 687 g/mol. The first-order chi connectivity index (χ1) is 21.7. The fraction of sp³-hybridized carbons (Fsp3) is 1.00. The average Bonchev–Trinajstić information content (AvgIpc) is 3.02. The molecule has 0 aliphatic heterocycles. The van der Waals surface area contributed by atoms with Crippen LogP contribution >= 0.6 is 27.7 Å². The fourth-order valence-corrected chi connectivity index (χ4v) is 9.57. The summed E-state index contributed by atoms with van der Waals surface area (Å²) in [7, 11) is 10.2. The summed E-state index contributed by atoms with van der Waals surface area (Å²) in [6, 6.07) is 0. The van der Waals surface area contributed by atoms with Gasteiger partial charge in [0.05, 0.1) is 0 Å². The molecule has 0 aromatic carbocycles. The van der Waals surface area contributed by atoms with Gasteiger partial charge in [0.25, 0.3) is 0 Å². The van der Waals surface area contributed by atoms with Gasteiger partial charge in [-0.2, -0.15) is 0 Å². The Kier molecular flexibility index (Phi) is 32.2. The number of hydrogen-bond donors (Lipinski definition) is 0. The molecular weight excluding hydrogens is 597 g/mol. The van der Waals surface area contributed by atoms with Crippen LogP contribution in [-0.4, -0.2) is 15.5 Å². The largest absolute Gasteiger partial charge is 0.131 e. The molecule has 0 nitrogen and oxygen atoms in total. The molecule has 0 bridgehead atoms. The number of hydrogen-bond acceptors (Lipinski definition) is 0. The highest BCUT2D eigenvalue weighted by molar-refractivity contribution is 7.19. The quantitative estimate of drug-likeness (QED) is 0.0455. The molecule has 0 N–H and O–H groups in total. The van der Waals surface area contributed by atoms with E-state index in [2.05, 4.69) is 62.3 Å². The third-order valence-electron chi connectivity index (χ3n) is 11.1. The first-order valence-corrected chi connectivity index (χ1v) is 22.8. The molecule has 0 aliphatic carbocycles. The third kappa shape index (κ3) is 27.8. The first kappa shape index (κ1) is 46.3. The van der Waals surface area contributed by atoms with Crippen molar-refractivity contribution in [1.82, 2.24) is 0 Å². The Hall–Kier alpha value is 1.29. The second-order valence-electron chi connectivity index (χ2n) is 15.9. The summed E-state index contributed by atoms with van der Waals surface area (Å²) in [6.07, 6.45) is 48.3. The van der Waals surface area contributed by atoms with E-state index in [4.69, 9.17) is 0 Å². The summed E-state index contributed by atoms with van der Waals surface area (Å²) in [6.45, 7) is 11.7. The first-order valence-electron chi connectivity index (χ1n) is 21.1. The predicted molar refractivity (Wildman–Crippen MR) is 223 cm³/mol. The van der Waals surface area contributed by atoms with E-state index in [0.29, 0.717) is 15.5 Å². The van der Waals surface area contributed by atoms with E-state index in [9.17, 15) is 0 Å². The van der Waals surface area contributed by atoms with Gasteiger partial charge in [0.1, 0.15) is 0 Å². The minimum atomic E-state index is 0.492. The summed E-state index contributed by atoms with van der Waals surface area (Å²) in [4.78, 5) is 0. The van der Waals surface area contributed by atoms with E-state index < -0.39 is 0 Å². The van der Waals surface area contributed by atoms with Gasteiger partial charge in [0, 0.05) is 0 Å². The van der Waals surface area contributed by atoms with Crippen LogP contribution in [0.15, 0.2) is 0 Å². The minimum Gasteiger partial charge on any atom is -0.131 e. The van der Waals surface area contributed by atoms with Gasteiger partial charge in [-0.1, -0.05) is 195 Å². The van der Waals surface area contributed by atoms with Crippen LogP contribution in [0.5, 0.6) is 0 Å². The molecule has 0 heterocycles. The van der Waals surface area contributed by atoms with E-state index in [-0.39, 0.29) is 0 Å². The van der Waals surface area contributed by atoms with Crippen LogP contribution in [-0.2, 0) is 0 Å². The third-order valence-corrected chi connectivity index (χ3v) is 13.7. The molecule has 3 unspecified atom stereocenters. The Morgan fingerprint density at radius 3 is 0.533 bits per heavy atom. The molecule has 0 radical (unpaired) electrons. The van der Waals surface area contributed by atoms with Crippen molar-refractivity contribution >= 4 is 27.7 Å². The maximum Gasteiger partial charge on any atom is -0.0150 e. The molecule has 45 heavy (non-hydrogen) atoms. The molecular formula is C42H89P3. The summed E-state index contributed by atoms with van der Waals surface area (Å²) < 4.78 is 0. The molecule has 0 spiro atoms. The van der Waals surface area contributed by atoms with Crippen molar-refractivity contribution in [2.24, 2.45) is 0 Å². The van der Waals surface area contributed by atoms with Crippen LogP contribution in [0.25, 0.3) is 0 Å². The fourth-order valence-electron chi connectivity index (χ4n) is 7.73. The van der Waals surface area contributed by atoms with Crippen molar-refractivity contribution in [3.8, 4) is 0 Å².